The third kappa shape index (κ3) is 6.29. The standard InChI is InChI=1S/C28H28FN5O2S/c1-35-26-9-5-6-10-27(26)37-34-20-11-12-25(22(29)17-20)36-24-14-15-30-18-21(24)23-13-16-31-28(33-23)32-19-7-3-2-4-8-19/h5-6,9-19,34H,2-4,7-8H2,1H3,(H,31,32,33). The predicted molar refractivity (Wildman–Crippen MR) is 145 cm³/mol. The minimum atomic E-state index is -0.490. The predicted octanol–water partition coefficient (Wildman–Crippen LogP) is 7.34. The number of benzene rings is 2. The quantitative estimate of drug-likeness (QED) is 0.223. The smallest absolute Gasteiger partial charge is 0.223 e. The molecule has 1 aliphatic carbocycles. The lowest BCUT2D eigenvalue weighted by atomic mass is 9.96. The number of halogens is 1. The van der Waals surface area contributed by atoms with E-state index in [1.54, 1.807) is 50.0 Å². The van der Waals surface area contributed by atoms with Crippen molar-refractivity contribution in [1.82, 2.24) is 15.0 Å². The van der Waals surface area contributed by atoms with Crippen molar-refractivity contribution in [3.05, 3.63) is 79.0 Å². The second-order valence-electron chi connectivity index (χ2n) is 8.72. The Kier molecular flexibility index (Phi) is 8.00. The maximum absolute atomic E-state index is 15.0. The van der Waals surface area contributed by atoms with Gasteiger partial charge in [-0.15, -0.1) is 0 Å². The number of pyridine rings is 1. The van der Waals surface area contributed by atoms with E-state index in [0.717, 1.165) is 23.5 Å². The van der Waals surface area contributed by atoms with Crippen molar-refractivity contribution in [3.63, 3.8) is 0 Å². The first-order valence-corrected chi connectivity index (χ1v) is 13.1. The molecule has 9 heteroatoms. The van der Waals surface area contributed by atoms with Crippen molar-refractivity contribution >= 4 is 23.6 Å². The molecule has 37 heavy (non-hydrogen) atoms. The fourth-order valence-corrected chi connectivity index (χ4v) is 5.01. The van der Waals surface area contributed by atoms with E-state index in [-0.39, 0.29) is 5.75 Å². The van der Waals surface area contributed by atoms with Gasteiger partial charge in [0.1, 0.15) is 11.5 Å². The molecule has 0 radical (unpaired) electrons. The fraction of sp³-hybridized carbons (Fsp3) is 0.250. The number of aromatic nitrogens is 3. The summed E-state index contributed by atoms with van der Waals surface area (Å²) in [6, 6.07) is 16.3. The highest BCUT2D eigenvalue weighted by Gasteiger charge is 2.16. The molecule has 0 spiro atoms. The summed E-state index contributed by atoms with van der Waals surface area (Å²) >= 11 is 1.35. The summed E-state index contributed by atoms with van der Waals surface area (Å²) in [6.07, 6.45) is 11.0. The minimum absolute atomic E-state index is 0.106. The normalized spacial score (nSPS) is 13.7. The highest BCUT2D eigenvalue weighted by atomic mass is 32.2. The second-order valence-corrected chi connectivity index (χ2v) is 9.57. The van der Waals surface area contributed by atoms with Gasteiger partial charge in [0.05, 0.1) is 23.3 Å². The molecule has 0 aliphatic heterocycles. The third-order valence-corrected chi connectivity index (χ3v) is 7.05. The van der Waals surface area contributed by atoms with Crippen LogP contribution in [0, 0.1) is 5.82 Å². The van der Waals surface area contributed by atoms with E-state index in [1.807, 2.05) is 24.3 Å². The molecule has 0 atom stereocenters. The van der Waals surface area contributed by atoms with E-state index >= 15 is 4.39 Å². The number of methoxy groups -OCH3 is 1. The van der Waals surface area contributed by atoms with Crippen molar-refractivity contribution in [3.8, 4) is 28.5 Å². The summed E-state index contributed by atoms with van der Waals surface area (Å²) < 4.78 is 29.5. The minimum Gasteiger partial charge on any atom is -0.496 e. The monoisotopic (exact) mass is 517 g/mol. The van der Waals surface area contributed by atoms with Crippen molar-refractivity contribution in [1.29, 1.82) is 0 Å². The Bertz CT molecular complexity index is 1350. The summed E-state index contributed by atoms with van der Waals surface area (Å²) in [4.78, 5) is 14.2. The van der Waals surface area contributed by atoms with Gasteiger partial charge in [0, 0.05) is 36.4 Å². The first-order valence-electron chi connectivity index (χ1n) is 12.3. The van der Waals surface area contributed by atoms with Crippen molar-refractivity contribution < 1.29 is 13.9 Å². The third-order valence-electron chi connectivity index (χ3n) is 6.15. The average molecular weight is 518 g/mol. The zero-order valence-electron chi connectivity index (χ0n) is 20.5. The Hall–Kier alpha value is -3.85. The Morgan fingerprint density at radius 1 is 0.946 bits per heavy atom. The molecule has 2 aromatic heterocycles. The Balaban J connectivity index is 1.30. The molecule has 2 aromatic carbocycles. The average Bonchev–Trinajstić information content (AvgIpc) is 2.94. The first kappa shape index (κ1) is 24.8. The molecular weight excluding hydrogens is 489 g/mol. The topological polar surface area (TPSA) is 81.2 Å². The van der Waals surface area contributed by atoms with Crippen LogP contribution in [0.1, 0.15) is 32.1 Å². The molecule has 7 nitrogen and oxygen atoms in total. The number of nitrogens with one attached hydrogen (secondary N) is 2. The highest BCUT2D eigenvalue weighted by Crippen LogP contribution is 2.35. The van der Waals surface area contributed by atoms with E-state index in [9.17, 15) is 0 Å². The molecule has 2 heterocycles. The lowest BCUT2D eigenvalue weighted by Gasteiger charge is -2.22. The fourth-order valence-electron chi connectivity index (χ4n) is 4.25. The van der Waals surface area contributed by atoms with Gasteiger partial charge in [0.2, 0.25) is 5.95 Å². The van der Waals surface area contributed by atoms with Crippen molar-refractivity contribution in [2.24, 2.45) is 0 Å². The van der Waals surface area contributed by atoms with Crippen LogP contribution in [0.2, 0.25) is 0 Å². The molecule has 0 amide bonds. The molecule has 1 fully saturated rings. The van der Waals surface area contributed by atoms with Crippen LogP contribution < -0.4 is 19.5 Å². The maximum Gasteiger partial charge on any atom is 0.223 e. The number of hydrogen-bond acceptors (Lipinski definition) is 8. The molecule has 0 bridgehead atoms. The molecule has 0 saturated heterocycles. The molecule has 4 aromatic rings. The Labute approximate surface area is 220 Å². The van der Waals surface area contributed by atoms with Crippen LogP contribution in [-0.4, -0.2) is 28.1 Å². The molecule has 190 valence electrons. The van der Waals surface area contributed by atoms with E-state index in [2.05, 4.69) is 25.0 Å². The zero-order valence-corrected chi connectivity index (χ0v) is 21.3. The van der Waals surface area contributed by atoms with Crippen LogP contribution in [0.15, 0.2) is 78.1 Å². The van der Waals surface area contributed by atoms with Gasteiger partial charge in [-0.05, 0) is 61.2 Å². The molecule has 2 N–H and O–H groups in total. The first-order chi connectivity index (χ1) is 18.2. The van der Waals surface area contributed by atoms with Gasteiger partial charge < -0.3 is 19.5 Å². The lowest BCUT2D eigenvalue weighted by Crippen LogP contribution is -2.23. The van der Waals surface area contributed by atoms with Crippen LogP contribution >= 0.6 is 11.9 Å². The zero-order chi connectivity index (χ0) is 25.5. The van der Waals surface area contributed by atoms with E-state index < -0.39 is 5.82 Å². The maximum atomic E-state index is 15.0. The van der Waals surface area contributed by atoms with Gasteiger partial charge in [-0.2, -0.15) is 0 Å². The van der Waals surface area contributed by atoms with Crippen molar-refractivity contribution in [2.45, 2.75) is 43.0 Å². The second kappa shape index (κ2) is 11.9. The molecule has 5 rings (SSSR count). The van der Waals surface area contributed by atoms with Crippen LogP contribution in [0.5, 0.6) is 17.2 Å². The molecule has 0 unspecified atom stereocenters. The molecule has 1 aliphatic rings. The van der Waals surface area contributed by atoms with Crippen LogP contribution in [0.3, 0.4) is 0 Å². The van der Waals surface area contributed by atoms with Gasteiger partial charge in [-0.1, -0.05) is 31.4 Å². The summed E-state index contributed by atoms with van der Waals surface area (Å²) in [5.74, 6) is 1.40. The number of rotatable bonds is 9. The summed E-state index contributed by atoms with van der Waals surface area (Å²) in [6.45, 7) is 0. The van der Waals surface area contributed by atoms with Gasteiger partial charge >= 0.3 is 0 Å². The number of ether oxygens (including phenoxy) is 2. The summed E-state index contributed by atoms with van der Waals surface area (Å²) in [7, 11) is 1.62. The SMILES string of the molecule is COc1ccccc1SNc1ccc(Oc2ccncc2-c2ccnc(NC3CCCCC3)n2)c(F)c1. The van der Waals surface area contributed by atoms with Crippen LogP contribution in [-0.2, 0) is 0 Å². The molecule has 1 saturated carbocycles. The number of para-hydroxylation sites is 1. The van der Waals surface area contributed by atoms with Crippen LogP contribution in [0.4, 0.5) is 16.0 Å². The molecular formula is C28H28FN5O2S. The van der Waals surface area contributed by atoms with E-state index in [1.165, 1.54) is 37.3 Å². The summed E-state index contributed by atoms with van der Waals surface area (Å²) in [5, 5.41) is 3.45. The number of hydrogen-bond donors (Lipinski definition) is 2. The number of nitrogens with zero attached hydrogens (tertiary/aromatic N) is 3. The lowest BCUT2D eigenvalue weighted by molar-refractivity contribution is 0.405. The van der Waals surface area contributed by atoms with Gasteiger partial charge in [-0.3, -0.25) is 4.98 Å². The van der Waals surface area contributed by atoms with Gasteiger partial charge in [0.25, 0.3) is 0 Å². The van der Waals surface area contributed by atoms with E-state index in [4.69, 9.17) is 9.47 Å². The van der Waals surface area contributed by atoms with Gasteiger partial charge in [0.15, 0.2) is 11.6 Å². The van der Waals surface area contributed by atoms with Gasteiger partial charge in [-0.25, -0.2) is 14.4 Å². The van der Waals surface area contributed by atoms with Crippen molar-refractivity contribution in [2.75, 3.05) is 17.1 Å². The van der Waals surface area contributed by atoms with Crippen LogP contribution in [0.25, 0.3) is 11.3 Å². The Morgan fingerprint density at radius 3 is 2.65 bits per heavy atom. The highest BCUT2D eigenvalue weighted by molar-refractivity contribution is 8.00. The number of anilines is 2. The summed E-state index contributed by atoms with van der Waals surface area (Å²) in [5.41, 5.74) is 1.91. The van der Waals surface area contributed by atoms with E-state index in [0.29, 0.717) is 34.7 Å². The largest absolute Gasteiger partial charge is 0.496 e. The Morgan fingerprint density at radius 2 is 1.81 bits per heavy atom.